The molecule has 1 atom stereocenters. The van der Waals surface area contributed by atoms with Gasteiger partial charge in [0.25, 0.3) is 0 Å². The average molecular weight is 259 g/mol. The van der Waals surface area contributed by atoms with Crippen LogP contribution in [-0.4, -0.2) is 42.2 Å². The molecule has 1 rings (SSSR count). The molecule has 0 saturated heterocycles. The number of methoxy groups -OCH3 is 1. The molecule has 6 nitrogen and oxygen atoms in total. The third-order valence-electron chi connectivity index (χ3n) is 1.96. The van der Waals surface area contributed by atoms with Gasteiger partial charge in [-0.2, -0.15) is 0 Å². The van der Waals surface area contributed by atoms with Gasteiger partial charge in [-0.3, -0.25) is 4.79 Å². The van der Waals surface area contributed by atoms with E-state index in [1.807, 2.05) is 0 Å². The molecule has 1 aromatic rings. The van der Waals surface area contributed by atoms with Gasteiger partial charge in [-0.15, -0.1) is 0 Å². The maximum absolute atomic E-state index is 11.6. The predicted molar refractivity (Wildman–Crippen MR) is 65.0 cm³/mol. The van der Waals surface area contributed by atoms with Gasteiger partial charge in [0.1, 0.15) is 6.04 Å². The minimum atomic E-state index is -0.423. The number of carbonyl (C=O) groups is 1. The Morgan fingerprint density at radius 3 is 2.76 bits per heavy atom. The maximum Gasteiger partial charge on any atom is 0.242 e. The maximum atomic E-state index is 11.6. The highest BCUT2D eigenvalue weighted by Crippen LogP contribution is 2.06. The summed E-state index contributed by atoms with van der Waals surface area (Å²) in [7, 11) is 1.58. The summed E-state index contributed by atoms with van der Waals surface area (Å²) in [6.07, 6.45) is 2.93. The molecular weight excluding hydrogens is 244 g/mol. The Hall–Kier alpha value is -1.40. The minimum absolute atomic E-state index is 0.138. The molecule has 1 amide bonds. The SMILES string of the molecule is COCCNC(=O)C(C)Nc1ncc(Cl)cn1. The van der Waals surface area contributed by atoms with Crippen molar-refractivity contribution in [2.45, 2.75) is 13.0 Å². The quantitative estimate of drug-likeness (QED) is 0.735. The van der Waals surface area contributed by atoms with Crippen LogP contribution >= 0.6 is 11.6 Å². The zero-order valence-electron chi connectivity index (χ0n) is 9.74. The summed E-state index contributed by atoms with van der Waals surface area (Å²) in [6.45, 7) is 2.68. The van der Waals surface area contributed by atoms with Crippen molar-refractivity contribution >= 4 is 23.5 Å². The van der Waals surface area contributed by atoms with Crippen LogP contribution in [0.5, 0.6) is 0 Å². The van der Waals surface area contributed by atoms with E-state index in [0.29, 0.717) is 24.1 Å². The molecule has 0 aliphatic rings. The molecule has 2 N–H and O–H groups in total. The molecule has 1 heterocycles. The number of amides is 1. The number of halogens is 1. The Labute approximate surface area is 105 Å². The van der Waals surface area contributed by atoms with Gasteiger partial charge in [0.05, 0.1) is 24.0 Å². The van der Waals surface area contributed by atoms with Gasteiger partial charge in [-0.1, -0.05) is 11.6 Å². The third-order valence-corrected chi connectivity index (χ3v) is 2.16. The molecule has 0 aliphatic carbocycles. The smallest absolute Gasteiger partial charge is 0.242 e. The Kier molecular flexibility index (Phi) is 5.65. The number of rotatable bonds is 6. The Morgan fingerprint density at radius 2 is 2.18 bits per heavy atom. The lowest BCUT2D eigenvalue weighted by Crippen LogP contribution is -2.39. The van der Waals surface area contributed by atoms with Crippen molar-refractivity contribution < 1.29 is 9.53 Å². The van der Waals surface area contributed by atoms with E-state index in [2.05, 4.69) is 20.6 Å². The van der Waals surface area contributed by atoms with E-state index < -0.39 is 6.04 Å². The molecule has 0 spiro atoms. The molecule has 0 fully saturated rings. The highest BCUT2D eigenvalue weighted by atomic mass is 35.5. The molecule has 1 aromatic heterocycles. The second-order valence-corrected chi connectivity index (χ2v) is 3.81. The first-order chi connectivity index (χ1) is 8.13. The number of nitrogens with zero attached hydrogens (tertiary/aromatic N) is 2. The molecule has 0 radical (unpaired) electrons. The van der Waals surface area contributed by atoms with Crippen molar-refractivity contribution in [3.8, 4) is 0 Å². The second-order valence-electron chi connectivity index (χ2n) is 3.37. The van der Waals surface area contributed by atoms with Crippen molar-refractivity contribution in [1.82, 2.24) is 15.3 Å². The first-order valence-corrected chi connectivity index (χ1v) is 5.52. The predicted octanol–water partition coefficient (Wildman–Crippen LogP) is 0.693. The van der Waals surface area contributed by atoms with Gasteiger partial charge >= 0.3 is 0 Å². The zero-order valence-corrected chi connectivity index (χ0v) is 10.5. The van der Waals surface area contributed by atoms with Crippen molar-refractivity contribution in [2.75, 3.05) is 25.6 Å². The van der Waals surface area contributed by atoms with E-state index in [-0.39, 0.29) is 5.91 Å². The average Bonchev–Trinajstić information content (AvgIpc) is 2.32. The van der Waals surface area contributed by atoms with Crippen LogP contribution in [0.1, 0.15) is 6.92 Å². The van der Waals surface area contributed by atoms with Gasteiger partial charge in [-0.05, 0) is 6.92 Å². The van der Waals surface area contributed by atoms with E-state index in [1.165, 1.54) is 12.4 Å². The number of carbonyl (C=O) groups excluding carboxylic acids is 1. The number of anilines is 1. The van der Waals surface area contributed by atoms with E-state index in [4.69, 9.17) is 16.3 Å². The highest BCUT2D eigenvalue weighted by molar-refractivity contribution is 6.30. The van der Waals surface area contributed by atoms with Crippen LogP contribution in [-0.2, 0) is 9.53 Å². The van der Waals surface area contributed by atoms with Crippen LogP contribution in [0.15, 0.2) is 12.4 Å². The topological polar surface area (TPSA) is 76.1 Å². The summed E-state index contributed by atoms with van der Waals surface area (Å²) in [5.74, 6) is 0.226. The van der Waals surface area contributed by atoms with Crippen molar-refractivity contribution in [2.24, 2.45) is 0 Å². The van der Waals surface area contributed by atoms with E-state index >= 15 is 0 Å². The van der Waals surface area contributed by atoms with Crippen molar-refractivity contribution in [3.05, 3.63) is 17.4 Å². The summed E-state index contributed by atoms with van der Waals surface area (Å²) in [6, 6.07) is -0.423. The van der Waals surface area contributed by atoms with Gasteiger partial charge in [0.15, 0.2) is 0 Å². The summed E-state index contributed by atoms with van der Waals surface area (Å²) in [5.41, 5.74) is 0. The number of hydrogen-bond acceptors (Lipinski definition) is 5. The lowest BCUT2D eigenvalue weighted by molar-refractivity contribution is -0.121. The standard InChI is InChI=1S/C10H15ClN4O2/c1-7(9(16)12-3-4-17-2)15-10-13-5-8(11)6-14-10/h5-7H,3-4H2,1-2H3,(H,12,16)(H,13,14,15). The van der Waals surface area contributed by atoms with Crippen LogP contribution in [0.3, 0.4) is 0 Å². The van der Waals surface area contributed by atoms with E-state index in [9.17, 15) is 4.79 Å². The Balaban J connectivity index is 2.40. The lowest BCUT2D eigenvalue weighted by atomic mass is 10.3. The monoisotopic (exact) mass is 258 g/mol. The fourth-order valence-electron chi connectivity index (χ4n) is 1.08. The fraction of sp³-hybridized carbons (Fsp3) is 0.500. The Bertz CT molecular complexity index is 358. The number of nitrogens with one attached hydrogen (secondary N) is 2. The first-order valence-electron chi connectivity index (χ1n) is 5.14. The van der Waals surface area contributed by atoms with Crippen LogP contribution in [0.4, 0.5) is 5.95 Å². The van der Waals surface area contributed by atoms with Crippen molar-refractivity contribution in [3.63, 3.8) is 0 Å². The minimum Gasteiger partial charge on any atom is -0.383 e. The Morgan fingerprint density at radius 1 is 1.53 bits per heavy atom. The summed E-state index contributed by atoms with van der Waals surface area (Å²) in [4.78, 5) is 19.5. The van der Waals surface area contributed by atoms with Gasteiger partial charge in [0.2, 0.25) is 11.9 Å². The summed E-state index contributed by atoms with van der Waals surface area (Å²) >= 11 is 5.65. The second kappa shape index (κ2) is 7.03. The summed E-state index contributed by atoms with van der Waals surface area (Å²) < 4.78 is 4.83. The molecule has 0 bridgehead atoms. The molecule has 7 heteroatoms. The number of ether oxygens (including phenoxy) is 1. The zero-order chi connectivity index (χ0) is 12.7. The normalized spacial score (nSPS) is 11.9. The third kappa shape index (κ3) is 4.97. The molecule has 0 saturated carbocycles. The summed E-state index contributed by atoms with van der Waals surface area (Å²) in [5, 5.41) is 6.02. The van der Waals surface area contributed by atoms with Crippen LogP contribution in [0, 0.1) is 0 Å². The molecule has 17 heavy (non-hydrogen) atoms. The van der Waals surface area contributed by atoms with Gasteiger partial charge in [-0.25, -0.2) is 9.97 Å². The molecule has 0 aliphatic heterocycles. The largest absolute Gasteiger partial charge is 0.383 e. The van der Waals surface area contributed by atoms with Crippen LogP contribution in [0.25, 0.3) is 0 Å². The van der Waals surface area contributed by atoms with Gasteiger partial charge < -0.3 is 15.4 Å². The lowest BCUT2D eigenvalue weighted by Gasteiger charge is -2.13. The number of hydrogen-bond donors (Lipinski definition) is 2. The van der Waals surface area contributed by atoms with E-state index in [1.54, 1.807) is 14.0 Å². The fourth-order valence-corrected chi connectivity index (χ4v) is 1.17. The van der Waals surface area contributed by atoms with Gasteiger partial charge in [0, 0.05) is 13.7 Å². The highest BCUT2D eigenvalue weighted by Gasteiger charge is 2.12. The molecule has 1 unspecified atom stereocenters. The van der Waals surface area contributed by atoms with Crippen molar-refractivity contribution in [1.29, 1.82) is 0 Å². The first kappa shape index (κ1) is 13.7. The molecular formula is C10H15ClN4O2. The van der Waals surface area contributed by atoms with Crippen LogP contribution in [0.2, 0.25) is 5.02 Å². The number of aromatic nitrogens is 2. The van der Waals surface area contributed by atoms with Crippen LogP contribution < -0.4 is 10.6 Å². The molecule has 0 aromatic carbocycles. The van der Waals surface area contributed by atoms with E-state index in [0.717, 1.165) is 0 Å². The molecule has 94 valence electrons.